The number of aryl methyl sites for hydroxylation is 2. The van der Waals surface area contributed by atoms with Gasteiger partial charge in [-0.3, -0.25) is 0 Å². The molecule has 1 rings (SSSR count). The van der Waals surface area contributed by atoms with Crippen LogP contribution in [0.2, 0.25) is 0 Å². The van der Waals surface area contributed by atoms with Crippen molar-refractivity contribution in [3.05, 3.63) is 16.1 Å². The minimum Gasteiger partial charge on any atom is -0.250 e. The first-order valence-electron chi connectivity index (χ1n) is 4.81. The minimum atomic E-state index is 1.20. The Morgan fingerprint density at radius 1 is 1.46 bits per heavy atom. The second-order valence-corrected chi connectivity index (χ2v) is 5.24. The number of hydrogen-bond acceptors (Lipinski definition) is 3. The van der Waals surface area contributed by atoms with Crippen molar-refractivity contribution in [3.63, 3.8) is 0 Å². The second kappa shape index (κ2) is 6.44. The molecule has 0 aliphatic carbocycles. The van der Waals surface area contributed by atoms with Crippen LogP contribution in [0.1, 0.15) is 30.3 Å². The highest BCUT2D eigenvalue weighted by Gasteiger charge is 2.00. The molecule has 0 aromatic carbocycles. The van der Waals surface area contributed by atoms with Crippen LogP contribution in [0.15, 0.2) is 5.51 Å². The van der Waals surface area contributed by atoms with Crippen molar-refractivity contribution >= 4 is 23.1 Å². The summed E-state index contributed by atoms with van der Waals surface area (Å²) in [5.74, 6) is 2.57. The van der Waals surface area contributed by atoms with Crippen LogP contribution in [-0.4, -0.2) is 16.5 Å². The van der Waals surface area contributed by atoms with Crippen molar-refractivity contribution in [2.24, 2.45) is 0 Å². The van der Waals surface area contributed by atoms with E-state index in [2.05, 4.69) is 30.6 Å². The van der Waals surface area contributed by atoms with Gasteiger partial charge in [-0.15, -0.1) is 11.3 Å². The molecule has 0 bridgehead atoms. The average Bonchev–Trinajstić information content (AvgIpc) is 2.52. The molecule has 0 saturated carbocycles. The molecular weight excluding hydrogens is 198 g/mol. The fourth-order valence-corrected chi connectivity index (χ4v) is 3.04. The van der Waals surface area contributed by atoms with E-state index in [0.29, 0.717) is 0 Å². The first-order chi connectivity index (χ1) is 6.34. The molecule has 1 aromatic heterocycles. The molecule has 0 unspecified atom stereocenters. The lowest BCUT2D eigenvalue weighted by Crippen LogP contribution is -1.89. The molecule has 0 fully saturated rings. The summed E-state index contributed by atoms with van der Waals surface area (Å²) in [5.41, 5.74) is 3.17. The molecule has 1 aromatic rings. The Bertz CT molecular complexity index is 233. The number of rotatable bonds is 6. The zero-order valence-electron chi connectivity index (χ0n) is 8.38. The van der Waals surface area contributed by atoms with E-state index < -0.39 is 0 Å². The van der Waals surface area contributed by atoms with Gasteiger partial charge in [-0.25, -0.2) is 4.98 Å². The molecule has 0 radical (unpaired) electrons. The molecule has 0 aliphatic heterocycles. The third kappa shape index (κ3) is 4.14. The molecule has 0 N–H and O–H groups in total. The third-order valence-corrected chi connectivity index (χ3v) is 4.03. The molecule has 13 heavy (non-hydrogen) atoms. The number of thioether (sulfide) groups is 1. The first-order valence-corrected chi connectivity index (χ1v) is 6.84. The second-order valence-electron chi connectivity index (χ2n) is 3.08. The Hall–Kier alpha value is -0.0200. The smallest absolute Gasteiger partial charge is 0.0797 e. The van der Waals surface area contributed by atoms with Gasteiger partial charge in [0.15, 0.2) is 0 Å². The van der Waals surface area contributed by atoms with Crippen molar-refractivity contribution in [1.29, 1.82) is 0 Å². The summed E-state index contributed by atoms with van der Waals surface area (Å²) >= 11 is 3.85. The van der Waals surface area contributed by atoms with E-state index in [1.54, 1.807) is 11.3 Å². The van der Waals surface area contributed by atoms with Crippen molar-refractivity contribution in [2.45, 2.75) is 33.1 Å². The molecule has 1 heterocycles. The Balaban J connectivity index is 2.10. The van der Waals surface area contributed by atoms with E-state index in [1.807, 2.05) is 5.51 Å². The summed E-state index contributed by atoms with van der Waals surface area (Å²) in [6.07, 6.45) is 3.86. The molecule has 0 atom stereocenters. The SMILES string of the molecule is CCCCSCCc1scnc1C. The van der Waals surface area contributed by atoms with E-state index in [1.165, 1.54) is 41.3 Å². The van der Waals surface area contributed by atoms with Gasteiger partial charge in [-0.2, -0.15) is 11.8 Å². The normalized spacial score (nSPS) is 10.6. The minimum absolute atomic E-state index is 1.20. The summed E-state index contributed by atoms with van der Waals surface area (Å²) in [6.45, 7) is 4.34. The quantitative estimate of drug-likeness (QED) is 0.673. The molecule has 0 spiro atoms. The van der Waals surface area contributed by atoms with Gasteiger partial charge in [0.25, 0.3) is 0 Å². The predicted molar refractivity (Wildman–Crippen MR) is 62.8 cm³/mol. The summed E-state index contributed by atoms with van der Waals surface area (Å²) in [4.78, 5) is 5.70. The molecule has 1 nitrogen and oxygen atoms in total. The lowest BCUT2D eigenvalue weighted by atomic mass is 10.3. The number of hydrogen-bond donors (Lipinski definition) is 0. The van der Waals surface area contributed by atoms with Crippen LogP contribution in [-0.2, 0) is 6.42 Å². The number of aromatic nitrogens is 1. The predicted octanol–water partition coefficient (Wildman–Crippen LogP) is 3.53. The number of nitrogens with zero attached hydrogens (tertiary/aromatic N) is 1. The Kier molecular flexibility index (Phi) is 5.47. The van der Waals surface area contributed by atoms with Crippen molar-refractivity contribution in [1.82, 2.24) is 4.98 Å². The van der Waals surface area contributed by atoms with Gasteiger partial charge in [0.05, 0.1) is 11.2 Å². The van der Waals surface area contributed by atoms with Gasteiger partial charge in [-0.1, -0.05) is 13.3 Å². The van der Waals surface area contributed by atoms with E-state index in [4.69, 9.17) is 0 Å². The van der Waals surface area contributed by atoms with Gasteiger partial charge >= 0.3 is 0 Å². The monoisotopic (exact) mass is 215 g/mol. The van der Waals surface area contributed by atoms with E-state index in [-0.39, 0.29) is 0 Å². The summed E-state index contributed by atoms with van der Waals surface area (Å²) in [5, 5.41) is 0. The van der Waals surface area contributed by atoms with E-state index in [0.717, 1.165) is 0 Å². The zero-order chi connectivity index (χ0) is 9.52. The van der Waals surface area contributed by atoms with Crippen LogP contribution in [0.4, 0.5) is 0 Å². The molecule has 0 saturated heterocycles. The average molecular weight is 215 g/mol. The summed E-state index contributed by atoms with van der Waals surface area (Å²) in [6, 6.07) is 0. The maximum absolute atomic E-state index is 4.24. The maximum atomic E-state index is 4.24. The van der Waals surface area contributed by atoms with Crippen LogP contribution in [0, 0.1) is 6.92 Å². The molecule has 0 aliphatic rings. The Morgan fingerprint density at radius 3 is 2.92 bits per heavy atom. The van der Waals surface area contributed by atoms with Crippen LogP contribution < -0.4 is 0 Å². The van der Waals surface area contributed by atoms with Crippen LogP contribution in [0.5, 0.6) is 0 Å². The topological polar surface area (TPSA) is 12.9 Å². The van der Waals surface area contributed by atoms with Crippen LogP contribution in [0.3, 0.4) is 0 Å². The zero-order valence-corrected chi connectivity index (χ0v) is 10.0. The summed E-state index contributed by atoms with van der Waals surface area (Å²) < 4.78 is 0. The molecule has 3 heteroatoms. The maximum Gasteiger partial charge on any atom is 0.0797 e. The van der Waals surface area contributed by atoms with Gasteiger partial charge < -0.3 is 0 Å². The number of thiazole rings is 1. The van der Waals surface area contributed by atoms with Crippen LogP contribution in [0.25, 0.3) is 0 Å². The van der Waals surface area contributed by atoms with Gasteiger partial charge in [0, 0.05) is 4.88 Å². The first kappa shape index (κ1) is 11.1. The Labute approximate surface area is 89.0 Å². The van der Waals surface area contributed by atoms with Gasteiger partial charge in [0.1, 0.15) is 0 Å². The standard InChI is InChI=1S/C10H17NS2/c1-3-4-6-12-7-5-10-9(2)11-8-13-10/h8H,3-7H2,1-2H3. The molecule has 0 amide bonds. The molecular formula is C10H17NS2. The Morgan fingerprint density at radius 2 is 2.31 bits per heavy atom. The highest BCUT2D eigenvalue weighted by Crippen LogP contribution is 2.15. The van der Waals surface area contributed by atoms with Crippen molar-refractivity contribution < 1.29 is 0 Å². The van der Waals surface area contributed by atoms with Gasteiger partial charge in [-0.05, 0) is 31.3 Å². The van der Waals surface area contributed by atoms with Gasteiger partial charge in [0.2, 0.25) is 0 Å². The number of unbranched alkanes of at least 4 members (excludes halogenated alkanes) is 1. The van der Waals surface area contributed by atoms with E-state index in [9.17, 15) is 0 Å². The van der Waals surface area contributed by atoms with Crippen molar-refractivity contribution in [3.8, 4) is 0 Å². The summed E-state index contributed by atoms with van der Waals surface area (Å²) in [7, 11) is 0. The highest BCUT2D eigenvalue weighted by atomic mass is 32.2. The highest BCUT2D eigenvalue weighted by molar-refractivity contribution is 7.99. The third-order valence-electron chi connectivity index (χ3n) is 1.96. The van der Waals surface area contributed by atoms with Crippen molar-refractivity contribution in [2.75, 3.05) is 11.5 Å². The fourth-order valence-electron chi connectivity index (χ4n) is 1.08. The largest absolute Gasteiger partial charge is 0.250 e. The lowest BCUT2D eigenvalue weighted by molar-refractivity contribution is 0.895. The fraction of sp³-hybridized carbons (Fsp3) is 0.700. The molecule has 74 valence electrons. The van der Waals surface area contributed by atoms with E-state index >= 15 is 0 Å². The lowest BCUT2D eigenvalue weighted by Gasteiger charge is -1.99. The van der Waals surface area contributed by atoms with Crippen LogP contribution >= 0.6 is 23.1 Å².